The highest BCUT2D eigenvalue weighted by molar-refractivity contribution is 6.07. The van der Waals surface area contributed by atoms with Crippen molar-refractivity contribution in [1.82, 2.24) is 9.80 Å². The number of ether oxygens (including phenoxy) is 3. The third-order valence-electron chi connectivity index (χ3n) is 4.91. The number of benzene rings is 2. The SMILES string of the molecule is COCN1C(=O)N(COC)[C@@](Cc2ccccc2)(c2ccc(OC)cc2)C1=O. The van der Waals surface area contributed by atoms with Crippen molar-refractivity contribution in [1.29, 1.82) is 0 Å². The molecule has 0 radical (unpaired) electrons. The first-order valence-electron chi connectivity index (χ1n) is 8.88. The van der Waals surface area contributed by atoms with Crippen LogP contribution in [0.25, 0.3) is 0 Å². The molecule has 1 saturated heterocycles. The van der Waals surface area contributed by atoms with Crippen LogP contribution in [0.5, 0.6) is 5.75 Å². The molecule has 148 valence electrons. The summed E-state index contributed by atoms with van der Waals surface area (Å²) in [6, 6.07) is 16.3. The van der Waals surface area contributed by atoms with Crippen molar-refractivity contribution >= 4 is 11.9 Å². The van der Waals surface area contributed by atoms with Crippen LogP contribution in [0.3, 0.4) is 0 Å². The zero-order valence-corrected chi connectivity index (χ0v) is 16.3. The Morgan fingerprint density at radius 1 is 0.857 bits per heavy atom. The molecule has 0 aromatic heterocycles. The number of hydrogen-bond donors (Lipinski definition) is 0. The van der Waals surface area contributed by atoms with Gasteiger partial charge in [0.05, 0.1) is 7.11 Å². The van der Waals surface area contributed by atoms with Gasteiger partial charge >= 0.3 is 6.03 Å². The molecule has 0 aliphatic carbocycles. The van der Waals surface area contributed by atoms with E-state index in [-0.39, 0.29) is 19.4 Å². The lowest BCUT2D eigenvalue weighted by Crippen LogP contribution is -2.49. The predicted octanol–water partition coefficient (Wildman–Crippen LogP) is 2.61. The van der Waals surface area contributed by atoms with Gasteiger partial charge < -0.3 is 14.2 Å². The average molecular weight is 384 g/mol. The molecule has 0 N–H and O–H groups in total. The standard InChI is InChI=1S/C21H24N2O5/c1-26-14-22-19(24)21(23(15-27-2)20(22)25,13-16-7-5-4-6-8-16)17-9-11-18(28-3)12-10-17/h4-12H,13-15H2,1-3H3/t21-/m0/s1. The van der Waals surface area contributed by atoms with E-state index >= 15 is 0 Å². The van der Waals surface area contributed by atoms with Crippen molar-refractivity contribution in [2.75, 3.05) is 34.8 Å². The minimum absolute atomic E-state index is 0.0242. The van der Waals surface area contributed by atoms with Crippen molar-refractivity contribution in [2.24, 2.45) is 0 Å². The lowest BCUT2D eigenvalue weighted by Gasteiger charge is -2.35. The number of methoxy groups -OCH3 is 3. The first-order valence-corrected chi connectivity index (χ1v) is 8.88. The molecule has 1 heterocycles. The number of carbonyl (C=O) groups excluding carboxylic acids is 2. The molecule has 1 atom stereocenters. The summed E-state index contributed by atoms with van der Waals surface area (Å²) in [6.07, 6.45) is 0.314. The molecule has 0 spiro atoms. The number of nitrogens with zero attached hydrogens (tertiary/aromatic N) is 2. The molecule has 2 aromatic rings. The van der Waals surface area contributed by atoms with Crippen LogP contribution in [-0.2, 0) is 26.2 Å². The fourth-order valence-corrected chi connectivity index (χ4v) is 3.58. The molecule has 0 saturated carbocycles. The minimum Gasteiger partial charge on any atom is -0.497 e. The molecule has 1 fully saturated rings. The number of carbonyl (C=O) groups is 2. The molecule has 1 aliphatic heterocycles. The average Bonchev–Trinajstić information content (AvgIpc) is 2.92. The summed E-state index contributed by atoms with van der Waals surface area (Å²) in [5.41, 5.74) is 0.380. The zero-order chi connectivity index (χ0) is 20.1. The third-order valence-corrected chi connectivity index (χ3v) is 4.91. The lowest BCUT2D eigenvalue weighted by molar-refractivity contribution is -0.137. The minimum atomic E-state index is -1.24. The van der Waals surface area contributed by atoms with Crippen LogP contribution in [0, 0.1) is 0 Å². The van der Waals surface area contributed by atoms with E-state index in [9.17, 15) is 9.59 Å². The molecule has 0 unspecified atom stereocenters. The Labute approximate surface area is 164 Å². The largest absolute Gasteiger partial charge is 0.497 e. The second kappa shape index (κ2) is 8.41. The second-order valence-electron chi connectivity index (χ2n) is 6.53. The van der Waals surface area contributed by atoms with Crippen LogP contribution in [0.15, 0.2) is 54.6 Å². The summed E-state index contributed by atoms with van der Waals surface area (Å²) in [7, 11) is 4.53. The maximum atomic E-state index is 13.6. The van der Waals surface area contributed by atoms with Gasteiger partial charge in [0.15, 0.2) is 5.54 Å². The number of rotatable bonds is 8. The number of amides is 3. The van der Waals surface area contributed by atoms with Gasteiger partial charge in [0.25, 0.3) is 5.91 Å². The van der Waals surface area contributed by atoms with Crippen molar-refractivity contribution in [3.05, 3.63) is 65.7 Å². The topological polar surface area (TPSA) is 68.3 Å². The van der Waals surface area contributed by atoms with E-state index in [1.165, 1.54) is 19.1 Å². The number of urea groups is 1. The quantitative estimate of drug-likeness (QED) is 0.655. The molecule has 7 nitrogen and oxygen atoms in total. The maximum absolute atomic E-state index is 13.6. The van der Waals surface area contributed by atoms with Crippen LogP contribution in [0.1, 0.15) is 11.1 Å². The van der Waals surface area contributed by atoms with Crippen molar-refractivity contribution < 1.29 is 23.8 Å². The summed E-state index contributed by atoms with van der Waals surface area (Å²) >= 11 is 0. The normalized spacial score (nSPS) is 19.4. The first-order chi connectivity index (χ1) is 13.6. The van der Waals surface area contributed by atoms with E-state index in [1.54, 1.807) is 19.2 Å². The van der Waals surface area contributed by atoms with Crippen LogP contribution in [0.4, 0.5) is 4.79 Å². The Kier molecular flexibility index (Phi) is 5.96. The van der Waals surface area contributed by atoms with Crippen molar-refractivity contribution in [2.45, 2.75) is 12.0 Å². The first kappa shape index (κ1) is 19.9. The van der Waals surface area contributed by atoms with E-state index in [0.29, 0.717) is 17.7 Å². The Hall–Kier alpha value is -2.90. The predicted molar refractivity (Wildman–Crippen MR) is 103 cm³/mol. The molecule has 7 heteroatoms. The van der Waals surface area contributed by atoms with Gasteiger partial charge in [0.1, 0.15) is 19.2 Å². The number of hydrogen-bond acceptors (Lipinski definition) is 5. The van der Waals surface area contributed by atoms with Gasteiger partial charge in [-0.1, -0.05) is 42.5 Å². The summed E-state index contributed by atoms with van der Waals surface area (Å²) < 4.78 is 15.6. The molecule has 3 amide bonds. The lowest BCUT2D eigenvalue weighted by atomic mass is 9.82. The Balaban J connectivity index is 2.17. The van der Waals surface area contributed by atoms with Crippen LogP contribution in [-0.4, -0.2) is 56.5 Å². The van der Waals surface area contributed by atoms with E-state index in [1.807, 2.05) is 42.5 Å². The van der Waals surface area contributed by atoms with Crippen LogP contribution >= 0.6 is 0 Å². The second-order valence-corrected chi connectivity index (χ2v) is 6.53. The highest BCUT2D eigenvalue weighted by atomic mass is 16.5. The zero-order valence-electron chi connectivity index (χ0n) is 16.3. The molecule has 1 aliphatic rings. The molecule has 28 heavy (non-hydrogen) atoms. The third kappa shape index (κ3) is 3.34. The van der Waals surface area contributed by atoms with Gasteiger partial charge in [-0.15, -0.1) is 0 Å². The molecule has 0 bridgehead atoms. The summed E-state index contributed by atoms with van der Waals surface area (Å²) in [6.45, 7) is -0.145. The molecule has 2 aromatic carbocycles. The van der Waals surface area contributed by atoms with Crippen LogP contribution in [0.2, 0.25) is 0 Å². The van der Waals surface area contributed by atoms with E-state index in [2.05, 4.69) is 0 Å². The smallest absolute Gasteiger partial charge is 0.331 e. The fourth-order valence-electron chi connectivity index (χ4n) is 3.58. The molecular weight excluding hydrogens is 360 g/mol. The molecule has 3 rings (SSSR count). The van der Waals surface area contributed by atoms with Crippen molar-refractivity contribution in [3.63, 3.8) is 0 Å². The van der Waals surface area contributed by atoms with E-state index in [0.717, 1.165) is 10.5 Å². The van der Waals surface area contributed by atoms with Gasteiger partial charge in [-0.05, 0) is 23.3 Å². The van der Waals surface area contributed by atoms with Gasteiger partial charge in [-0.25, -0.2) is 9.69 Å². The van der Waals surface area contributed by atoms with E-state index in [4.69, 9.17) is 14.2 Å². The van der Waals surface area contributed by atoms with Gasteiger partial charge in [-0.3, -0.25) is 9.69 Å². The highest BCUT2D eigenvalue weighted by Crippen LogP contribution is 2.41. The Morgan fingerprint density at radius 2 is 1.50 bits per heavy atom. The number of imide groups is 1. The van der Waals surface area contributed by atoms with Gasteiger partial charge in [0.2, 0.25) is 0 Å². The summed E-state index contributed by atoms with van der Waals surface area (Å²) in [5, 5.41) is 0. The maximum Gasteiger partial charge on any atom is 0.331 e. The molecular formula is C21H24N2O5. The van der Waals surface area contributed by atoms with Gasteiger partial charge in [-0.2, -0.15) is 0 Å². The van der Waals surface area contributed by atoms with Crippen LogP contribution < -0.4 is 4.74 Å². The monoisotopic (exact) mass is 384 g/mol. The van der Waals surface area contributed by atoms with Gasteiger partial charge in [0, 0.05) is 20.6 Å². The Morgan fingerprint density at radius 3 is 2.07 bits per heavy atom. The fraction of sp³-hybridized carbons (Fsp3) is 0.333. The highest BCUT2D eigenvalue weighted by Gasteiger charge is 2.58. The summed E-state index contributed by atoms with van der Waals surface area (Å²) in [5.74, 6) is 0.327. The van der Waals surface area contributed by atoms with Crippen molar-refractivity contribution in [3.8, 4) is 5.75 Å². The summed E-state index contributed by atoms with van der Waals surface area (Å²) in [4.78, 5) is 29.2. The Bertz CT molecular complexity index is 824. The van der Waals surface area contributed by atoms with E-state index < -0.39 is 11.6 Å².